The van der Waals surface area contributed by atoms with Gasteiger partial charge in [0.25, 0.3) is 0 Å². The molecule has 8 aliphatic rings. The number of carboxylic acids is 2. The van der Waals surface area contributed by atoms with Crippen LogP contribution in [0.15, 0.2) is 0 Å². The number of aliphatic hydroxyl groups is 4. The molecule has 318 valence electrons. The van der Waals surface area contributed by atoms with E-state index in [1.165, 1.54) is 0 Å². The van der Waals surface area contributed by atoms with E-state index in [2.05, 4.69) is 41.5 Å². The van der Waals surface area contributed by atoms with Crippen LogP contribution in [0.5, 0.6) is 0 Å². The lowest BCUT2D eigenvalue weighted by atomic mass is 9.42. The highest BCUT2D eigenvalue weighted by molar-refractivity contribution is 5.67. The van der Waals surface area contributed by atoms with Gasteiger partial charge in [-0.15, -0.1) is 0 Å². The van der Waals surface area contributed by atoms with Crippen LogP contribution in [-0.4, -0.2) is 66.5 Å². The minimum absolute atomic E-state index is 0.0232. The van der Waals surface area contributed by atoms with E-state index in [-0.39, 0.29) is 70.2 Å². The highest BCUT2D eigenvalue weighted by Crippen LogP contribution is 2.72. The summed E-state index contributed by atoms with van der Waals surface area (Å²) in [6.45, 7) is 13.9. The van der Waals surface area contributed by atoms with Gasteiger partial charge in [-0.05, 0) is 202 Å². The largest absolute Gasteiger partial charge is 0.481 e. The van der Waals surface area contributed by atoms with E-state index in [9.17, 15) is 40.2 Å². The molecule has 8 rings (SSSR count). The monoisotopic (exact) mass is 783 g/mol. The van der Waals surface area contributed by atoms with Crippen molar-refractivity contribution < 1.29 is 40.2 Å². The van der Waals surface area contributed by atoms with E-state index in [1.807, 2.05) is 0 Å². The van der Waals surface area contributed by atoms with Gasteiger partial charge < -0.3 is 30.6 Å². The molecule has 8 fully saturated rings. The molecule has 0 aliphatic heterocycles. The second-order valence-corrected chi connectivity index (χ2v) is 23.1. The van der Waals surface area contributed by atoms with Crippen molar-refractivity contribution in [3.05, 3.63) is 0 Å². The lowest BCUT2D eigenvalue weighted by Crippen LogP contribution is -2.61. The summed E-state index contributed by atoms with van der Waals surface area (Å²) in [5.41, 5.74) is -1.45. The van der Waals surface area contributed by atoms with Crippen LogP contribution in [0.3, 0.4) is 0 Å². The molecule has 0 heterocycles. The second kappa shape index (κ2) is 14.5. The van der Waals surface area contributed by atoms with E-state index in [1.54, 1.807) is 0 Å². The first kappa shape index (κ1) is 41.5. The number of carbonyl (C=O) groups is 2. The van der Waals surface area contributed by atoms with Crippen molar-refractivity contribution in [2.75, 3.05) is 0 Å². The fourth-order valence-corrected chi connectivity index (χ4v) is 18.5. The van der Waals surface area contributed by atoms with E-state index in [0.29, 0.717) is 66.6 Å². The number of hydrogen-bond donors (Lipinski definition) is 6. The Hall–Kier alpha value is -1.22. The molecule has 21 atom stereocenters. The summed E-state index contributed by atoms with van der Waals surface area (Å²) >= 11 is 0. The van der Waals surface area contributed by atoms with Crippen LogP contribution in [0.2, 0.25) is 0 Å². The van der Waals surface area contributed by atoms with Crippen LogP contribution in [-0.2, 0) is 9.59 Å². The van der Waals surface area contributed by atoms with E-state index in [4.69, 9.17) is 0 Å². The van der Waals surface area contributed by atoms with Gasteiger partial charge in [0.05, 0.1) is 30.3 Å². The molecule has 8 heteroatoms. The van der Waals surface area contributed by atoms with Gasteiger partial charge in [0.1, 0.15) is 0 Å². The topological polar surface area (TPSA) is 156 Å². The molecule has 0 amide bonds. The lowest BCUT2D eigenvalue weighted by Gasteiger charge is -2.64. The van der Waals surface area contributed by atoms with Crippen molar-refractivity contribution in [3.63, 3.8) is 0 Å². The first-order valence-electron chi connectivity index (χ1n) is 23.5. The summed E-state index contributed by atoms with van der Waals surface area (Å²) < 4.78 is 0. The zero-order chi connectivity index (χ0) is 40.3. The molecule has 0 bridgehead atoms. The van der Waals surface area contributed by atoms with Gasteiger partial charge in [0, 0.05) is 12.3 Å². The number of aliphatic hydroxyl groups excluding tert-OH is 3. The average molecular weight is 783 g/mol. The van der Waals surface area contributed by atoms with Gasteiger partial charge in [-0.2, -0.15) is 0 Å². The molecule has 0 spiro atoms. The van der Waals surface area contributed by atoms with E-state index < -0.39 is 29.7 Å². The van der Waals surface area contributed by atoms with Gasteiger partial charge in [0.15, 0.2) is 0 Å². The fraction of sp³-hybridized carbons (Fsp3) is 0.958. The number of aliphatic carboxylic acids is 2. The molecule has 0 radical (unpaired) electrons. The maximum absolute atomic E-state index is 13.0. The highest BCUT2D eigenvalue weighted by Gasteiger charge is 2.67. The van der Waals surface area contributed by atoms with Crippen LogP contribution in [0.4, 0.5) is 0 Å². The first-order valence-corrected chi connectivity index (χ1v) is 23.5. The molecule has 56 heavy (non-hydrogen) atoms. The third-order valence-electron chi connectivity index (χ3n) is 21.6. The molecule has 5 unspecified atom stereocenters. The van der Waals surface area contributed by atoms with Gasteiger partial charge in [-0.25, -0.2) is 0 Å². The average Bonchev–Trinajstić information content (AvgIpc) is 3.69. The Morgan fingerprint density at radius 1 is 0.625 bits per heavy atom. The zero-order valence-corrected chi connectivity index (χ0v) is 35.7. The zero-order valence-electron chi connectivity index (χ0n) is 35.7. The molecule has 0 saturated heterocycles. The second-order valence-electron chi connectivity index (χ2n) is 23.1. The van der Waals surface area contributed by atoms with Crippen LogP contribution in [0.1, 0.15) is 164 Å². The first-order chi connectivity index (χ1) is 26.3. The predicted octanol–water partition coefficient (Wildman–Crippen LogP) is 8.57. The third-order valence-corrected chi connectivity index (χ3v) is 21.6. The maximum atomic E-state index is 13.0. The van der Waals surface area contributed by atoms with Crippen molar-refractivity contribution in [2.24, 2.45) is 98.6 Å². The molecule has 8 aliphatic carbocycles. The summed E-state index contributed by atoms with van der Waals surface area (Å²) in [6, 6.07) is 0. The van der Waals surface area contributed by atoms with Gasteiger partial charge in [-0.1, -0.05) is 41.5 Å². The molecule has 6 N–H and O–H groups in total. The minimum atomic E-state index is -1.08. The molecular formula is C48H78O8. The van der Waals surface area contributed by atoms with Crippen LogP contribution >= 0.6 is 0 Å². The molecule has 0 aromatic heterocycles. The minimum Gasteiger partial charge on any atom is -0.481 e. The summed E-state index contributed by atoms with van der Waals surface area (Å²) in [7, 11) is 0. The quantitative estimate of drug-likeness (QED) is 0.136. The van der Waals surface area contributed by atoms with E-state index in [0.717, 1.165) is 89.9 Å². The lowest BCUT2D eigenvalue weighted by molar-refractivity contribution is -0.205. The van der Waals surface area contributed by atoms with Gasteiger partial charge in [0.2, 0.25) is 0 Å². The summed E-state index contributed by atoms with van der Waals surface area (Å²) in [5.74, 6) is 2.25. The Kier molecular flexibility index (Phi) is 10.7. The van der Waals surface area contributed by atoms with Crippen molar-refractivity contribution in [1.82, 2.24) is 0 Å². The SMILES string of the molecule is C[C@H](CCC(=O)O)[C@H]1CCC2C3CCC4C[C@](O)(C(CC(=O)O)[C@@H](C)[C@H]5CC[C@H]6[C@@H]7CC[C@@H]8C[C@H](O)CC[C@]8(C)[C@H]7C[C@H](O)[C@]56C)CC[C@]4(C)C3C[C@@H](O)[C@@]21C. The number of carboxylic acid groups (broad SMARTS) is 2. The standard InChI is InChI=1S/C48H78O8/c1-26(7-16-42(52)53)33-12-14-35-32-11-9-29-25-48(56,20-19-45(29,4)39(32)23-40(50)46(33,35)5)37(24-43(54)55)27(2)34-13-15-36-31-10-8-28-21-30(49)17-18-44(28,3)38(31)22-41(51)47(34,36)6/h26-41,49-51,56H,7-25H2,1-6H3,(H,52,53)(H,54,55)/t26-,27+,28-,29?,30-,31+,32?,33-,34-,35?,36+,37?,38+,39?,40-,41+,44+,45+,46-,47-,48+/m1/s1. The molecule has 8 nitrogen and oxygen atoms in total. The molecule has 0 aromatic carbocycles. The van der Waals surface area contributed by atoms with Crippen LogP contribution in [0.25, 0.3) is 0 Å². The maximum Gasteiger partial charge on any atom is 0.303 e. The Labute approximate surface area is 337 Å². The summed E-state index contributed by atoms with van der Waals surface area (Å²) in [6.07, 6.45) is 14.8. The Morgan fingerprint density at radius 2 is 1.18 bits per heavy atom. The number of fused-ring (bicyclic) bond motifs is 10. The number of rotatable bonds is 9. The highest BCUT2D eigenvalue weighted by atomic mass is 16.4. The molecule has 8 saturated carbocycles. The van der Waals surface area contributed by atoms with Crippen LogP contribution in [0, 0.1) is 98.6 Å². The molecule has 0 aromatic rings. The third kappa shape index (κ3) is 6.14. The van der Waals surface area contributed by atoms with E-state index >= 15 is 0 Å². The summed E-state index contributed by atoms with van der Waals surface area (Å²) in [5, 5.41) is 67.8. The van der Waals surface area contributed by atoms with Crippen molar-refractivity contribution in [2.45, 2.75) is 187 Å². The van der Waals surface area contributed by atoms with Gasteiger partial charge in [-0.3, -0.25) is 9.59 Å². The fourth-order valence-electron chi connectivity index (χ4n) is 18.5. The number of hydrogen-bond acceptors (Lipinski definition) is 6. The molecular weight excluding hydrogens is 705 g/mol. The Morgan fingerprint density at radius 3 is 1.77 bits per heavy atom. The van der Waals surface area contributed by atoms with Crippen molar-refractivity contribution in [1.29, 1.82) is 0 Å². The Bertz CT molecular complexity index is 1500. The van der Waals surface area contributed by atoms with Crippen molar-refractivity contribution in [3.8, 4) is 0 Å². The predicted molar refractivity (Wildman–Crippen MR) is 215 cm³/mol. The van der Waals surface area contributed by atoms with Crippen molar-refractivity contribution >= 4 is 11.9 Å². The van der Waals surface area contributed by atoms with Crippen LogP contribution < -0.4 is 0 Å². The normalized spacial score (nSPS) is 53.9. The van der Waals surface area contributed by atoms with Gasteiger partial charge >= 0.3 is 11.9 Å². The smallest absolute Gasteiger partial charge is 0.303 e. The summed E-state index contributed by atoms with van der Waals surface area (Å²) in [4.78, 5) is 24.2. The Balaban J connectivity index is 1.00.